The summed E-state index contributed by atoms with van der Waals surface area (Å²) >= 11 is 0. The van der Waals surface area contributed by atoms with Gasteiger partial charge in [-0.15, -0.1) is 0 Å². The van der Waals surface area contributed by atoms with Crippen LogP contribution in [0.15, 0.2) is 36.4 Å². The highest BCUT2D eigenvalue weighted by Crippen LogP contribution is 2.30. The van der Waals surface area contributed by atoms with Crippen molar-refractivity contribution in [3.63, 3.8) is 0 Å². The van der Waals surface area contributed by atoms with E-state index in [1.54, 1.807) is 30.0 Å². The molecule has 0 heterocycles. The normalized spacial score (nSPS) is 13.3. The molecule has 41 heavy (non-hydrogen) atoms. The van der Waals surface area contributed by atoms with Gasteiger partial charge in [0, 0.05) is 43.3 Å². The van der Waals surface area contributed by atoms with Crippen LogP contribution in [0.5, 0.6) is 0 Å². The third kappa shape index (κ3) is 10.4. The summed E-state index contributed by atoms with van der Waals surface area (Å²) in [7, 11) is 0. The van der Waals surface area contributed by atoms with E-state index in [4.69, 9.17) is 5.73 Å². The molecule has 0 spiro atoms. The lowest BCUT2D eigenvalue weighted by Gasteiger charge is -2.29. The Morgan fingerprint density at radius 2 is 1.46 bits per heavy atom. The Hall–Kier alpha value is -2.98. The lowest BCUT2D eigenvalue weighted by Crippen LogP contribution is -2.47. The van der Waals surface area contributed by atoms with Gasteiger partial charge in [0.2, 0.25) is 0 Å². The number of benzene rings is 2. The van der Waals surface area contributed by atoms with E-state index in [1.807, 2.05) is 27.7 Å². The molecule has 2 rings (SSSR count). The van der Waals surface area contributed by atoms with Crippen LogP contribution < -0.4 is 5.73 Å². The lowest BCUT2D eigenvalue weighted by atomic mass is 9.99. The summed E-state index contributed by atoms with van der Waals surface area (Å²) in [5.41, 5.74) is 6.44. The molecule has 2 aromatic rings. The van der Waals surface area contributed by atoms with Crippen LogP contribution in [-0.4, -0.2) is 65.0 Å². The maximum atomic E-state index is 13.9. The van der Waals surface area contributed by atoms with Crippen molar-refractivity contribution in [3.8, 4) is 0 Å². The van der Waals surface area contributed by atoms with Crippen LogP contribution >= 0.6 is 0 Å². The highest BCUT2D eigenvalue weighted by atomic mass is 19.4. The van der Waals surface area contributed by atoms with Crippen LogP contribution in [0.4, 0.5) is 17.6 Å². The van der Waals surface area contributed by atoms with Gasteiger partial charge in [0.25, 0.3) is 11.8 Å². The van der Waals surface area contributed by atoms with Crippen LogP contribution in [0, 0.1) is 18.7 Å². The maximum absolute atomic E-state index is 13.9. The highest BCUT2D eigenvalue weighted by Gasteiger charge is 2.32. The van der Waals surface area contributed by atoms with Gasteiger partial charge in [0.15, 0.2) is 0 Å². The number of amides is 2. The Morgan fingerprint density at radius 1 is 0.902 bits per heavy atom. The fourth-order valence-electron chi connectivity index (χ4n) is 4.64. The molecule has 0 aliphatic rings. The third-order valence-electron chi connectivity index (χ3n) is 6.77. The third-order valence-corrected chi connectivity index (χ3v) is 6.77. The zero-order valence-electron chi connectivity index (χ0n) is 24.6. The summed E-state index contributed by atoms with van der Waals surface area (Å²) in [5.74, 6) is -1.35. The minimum atomic E-state index is -4.72. The predicted molar refractivity (Wildman–Crippen MR) is 152 cm³/mol. The fourth-order valence-corrected chi connectivity index (χ4v) is 4.64. The van der Waals surface area contributed by atoms with E-state index >= 15 is 0 Å². The van der Waals surface area contributed by atoms with E-state index in [1.165, 1.54) is 4.90 Å². The number of aliphatic hydroxyl groups excluding tert-OH is 1. The molecule has 0 radical (unpaired) electrons. The van der Waals surface area contributed by atoms with Crippen LogP contribution in [0.1, 0.15) is 84.4 Å². The molecule has 0 saturated carbocycles. The number of nitrogens with zero attached hydrogens (tertiary/aromatic N) is 2. The Balaban J connectivity index is 2.29. The van der Waals surface area contributed by atoms with Crippen LogP contribution in [0.3, 0.4) is 0 Å². The van der Waals surface area contributed by atoms with Crippen molar-refractivity contribution in [1.29, 1.82) is 0 Å². The topological polar surface area (TPSA) is 86.9 Å². The summed E-state index contributed by atoms with van der Waals surface area (Å²) < 4.78 is 53.2. The first-order valence-electron chi connectivity index (χ1n) is 14.2. The van der Waals surface area contributed by atoms with Crippen molar-refractivity contribution in [2.45, 2.75) is 78.6 Å². The van der Waals surface area contributed by atoms with E-state index in [2.05, 4.69) is 0 Å². The van der Waals surface area contributed by atoms with E-state index in [0.29, 0.717) is 43.2 Å². The molecule has 0 aromatic heterocycles. The van der Waals surface area contributed by atoms with Crippen molar-refractivity contribution in [3.05, 3.63) is 70.0 Å². The number of aliphatic hydroxyl groups is 1. The average molecular weight is 582 g/mol. The molecule has 0 saturated heterocycles. The number of aryl methyl sites for hydroxylation is 1. The maximum Gasteiger partial charge on any atom is 0.416 e. The number of alkyl halides is 3. The van der Waals surface area contributed by atoms with E-state index in [-0.39, 0.29) is 30.4 Å². The Kier molecular flexibility index (Phi) is 12.8. The molecule has 3 N–H and O–H groups in total. The summed E-state index contributed by atoms with van der Waals surface area (Å²) in [6.07, 6.45) is -4.00. The van der Waals surface area contributed by atoms with E-state index in [0.717, 1.165) is 30.5 Å². The highest BCUT2D eigenvalue weighted by molar-refractivity contribution is 6.00. The van der Waals surface area contributed by atoms with Gasteiger partial charge in [-0.25, -0.2) is 4.39 Å². The second-order valence-electron chi connectivity index (χ2n) is 11.1. The van der Waals surface area contributed by atoms with Crippen LogP contribution in [0.25, 0.3) is 0 Å². The molecule has 2 aromatic carbocycles. The van der Waals surface area contributed by atoms with Gasteiger partial charge in [-0.05, 0) is 86.1 Å². The fraction of sp³-hybridized carbons (Fsp3) is 0.548. The number of carbonyl (C=O) groups excluding carboxylic acids is 2. The second-order valence-corrected chi connectivity index (χ2v) is 11.1. The summed E-state index contributed by atoms with van der Waals surface area (Å²) in [4.78, 5) is 30.1. The first-order chi connectivity index (χ1) is 19.2. The summed E-state index contributed by atoms with van der Waals surface area (Å²) in [6, 6.07) is 6.10. The predicted octanol–water partition coefficient (Wildman–Crippen LogP) is 5.83. The molecule has 2 amide bonds. The first kappa shape index (κ1) is 34.2. The zero-order valence-corrected chi connectivity index (χ0v) is 24.6. The molecule has 228 valence electrons. The smallest absolute Gasteiger partial charge is 0.390 e. The van der Waals surface area contributed by atoms with Crippen molar-refractivity contribution < 1.29 is 32.3 Å². The molecule has 0 bridgehead atoms. The SMILES string of the molecule is CCCN(CCC)C(=O)c1cc(C)cc(C(=O)N(CCC(C)C)C[C@@H](O)[C@@H](N)Cc2cc(F)cc(C(F)(F)F)c2)c1. The Labute approximate surface area is 240 Å². The van der Waals surface area contributed by atoms with Gasteiger partial charge in [-0.3, -0.25) is 9.59 Å². The number of rotatable bonds is 14. The standard InChI is InChI=1S/C31H43F4N3O3/c1-6-9-37(10-7-2)29(40)23-12-21(5)13-24(17-23)30(41)38(11-8-20(3)4)19-28(39)27(36)16-22-14-25(31(33,34)35)18-26(32)15-22/h12-15,17-18,20,27-28,39H,6-11,16,19,36H2,1-5H3/t27-,28+/m0/s1. The van der Waals surface area contributed by atoms with Crippen molar-refractivity contribution in [2.24, 2.45) is 11.7 Å². The van der Waals surface area contributed by atoms with Gasteiger partial charge >= 0.3 is 6.18 Å². The second kappa shape index (κ2) is 15.3. The Bertz CT molecular complexity index is 1160. The molecule has 0 aliphatic carbocycles. The molecule has 6 nitrogen and oxygen atoms in total. The zero-order chi connectivity index (χ0) is 30.9. The minimum absolute atomic E-state index is 0.00511. The Morgan fingerprint density at radius 3 is 1.98 bits per heavy atom. The minimum Gasteiger partial charge on any atom is -0.390 e. The number of nitrogens with two attached hydrogens (primary N) is 1. The molecule has 2 atom stereocenters. The summed E-state index contributed by atoms with van der Waals surface area (Å²) in [5, 5.41) is 10.9. The van der Waals surface area contributed by atoms with Gasteiger partial charge in [-0.2, -0.15) is 13.2 Å². The molecule has 0 fully saturated rings. The monoisotopic (exact) mass is 581 g/mol. The first-order valence-corrected chi connectivity index (χ1v) is 14.2. The van der Waals surface area contributed by atoms with Gasteiger partial charge in [0.05, 0.1) is 11.7 Å². The largest absolute Gasteiger partial charge is 0.416 e. The van der Waals surface area contributed by atoms with Crippen molar-refractivity contribution >= 4 is 11.8 Å². The van der Waals surface area contributed by atoms with Crippen molar-refractivity contribution in [2.75, 3.05) is 26.2 Å². The van der Waals surface area contributed by atoms with Crippen LogP contribution in [-0.2, 0) is 12.6 Å². The number of hydrogen-bond acceptors (Lipinski definition) is 4. The van der Waals surface area contributed by atoms with Gasteiger partial charge < -0.3 is 20.6 Å². The molecule has 0 unspecified atom stereocenters. The summed E-state index contributed by atoms with van der Waals surface area (Å²) in [6.45, 7) is 11.1. The molecular formula is C31H43F4N3O3. The number of halogens is 4. The van der Waals surface area contributed by atoms with E-state index in [9.17, 15) is 32.3 Å². The van der Waals surface area contributed by atoms with Crippen molar-refractivity contribution in [1.82, 2.24) is 9.80 Å². The molecular weight excluding hydrogens is 538 g/mol. The van der Waals surface area contributed by atoms with E-state index < -0.39 is 35.6 Å². The quantitative estimate of drug-likeness (QED) is 0.275. The van der Waals surface area contributed by atoms with Gasteiger partial charge in [0.1, 0.15) is 5.82 Å². The molecule has 0 aliphatic heterocycles. The lowest BCUT2D eigenvalue weighted by molar-refractivity contribution is -0.137. The van der Waals surface area contributed by atoms with Crippen LogP contribution in [0.2, 0.25) is 0 Å². The molecule has 10 heteroatoms. The van der Waals surface area contributed by atoms with Gasteiger partial charge in [-0.1, -0.05) is 27.7 Å². The number of hydrogen-bond donors (Lipinski definition) is 2. The average Bonchev–Trinajstić information content (AvgIpc) is 2.88. The number of carbonyl (C=O) groups is 2.